The predicted octanol–water partition coefficient (Wildman–Crippen LogP) is 1.83. The van der Waals surface area contributed by atoms with Gasteiger partial charge in [-0.15, -0.1) is 0 Å². The number of benzene rings is 1. The molecule has 1 unspecified atom stereocenters. The minimum absolute atomic E-state index is 0.0223. The van der Waals surface area contributed by atoms with Crippen molar-refractivity contribution in [2.75, 3.05) is 18.8 Å². The van der Waals surface area contributed by atoms with Crippen LogP contribution in [0.1, 0.15) is 19.8 Å². The smallest absolute Gasteiger partial charge is 0.243 e. The first-order valence-corrected chi connectivity index (χ1v) is 7.44. The van der Waals surface area contributed by atoms with Crippen LogP contribution in [0.2, 0.25) is 0 Å². The van der Waals surface area contributed by atoms with Crippen LogP contribution in [0.3, 0.4) is 0 Å². The molecule has 0 aliphatic carbocycles. The van der Waals surface area contributed by atoms with Crippen LogP contribution >= 0.6 is 0 Å². The van der Waals surface area contributed by atoms with E-state index in [0.29, 0.717) is 19.0 Å². The average Bonchev–Trinajstić information content (AvgIpc) is 2.81. The minimum Gasteiger partial charge on any atom is -0.396 e. The Labute approximate surface area is 107 Å². The molecule has 18 heavy (non-hydrogen) atoms. The second kappa shape index (κ2) is 4.85. The maximum atomic E-state index is 13.3. The molecule has 0 aromatic heterocycles. The zero-order valence-electron chi connectivity index (χ0n) is 10.3. The Hall–Kier alpha value is -1.14. The highest BCUT2D eigenvalue weighted by molar-refractivity contribution is 7.89. The van der Waals surface area contributed by atoms with Crippen LogP contribution in [-0.2, 0) is 10.0 Å². The van der Waals surface area contributed by atoms with Gasteiger partial charge in [-0.25, -0.2) is 12.8 Å². The van der Waals surface area contributed by atoms with Crippen molar-refractivity contribution in [1.29, 1.82) is 0 Å². The van der Waals surface area contributed by atoms with E-state index in [0.717, 1.165) is 18.9 Å². The molecule has 0 spiro atoms. The monoisotopic (exact) mass is 272 g/mol. The number of anilines is 1. The molecule has 1 aromatic carbocycles. The zero-order valence-corrected chi connectivity index (χ0v) is 11.1. The van der Waals surface area contributed by atoms with Gasteiger partial charge in [-0.1, -0.05) is 13.3 Å². The molecule has 100 valence electrons. The van der Waals surface area contributed by atoms with E-state index in [1.165, 1.54) is 16.4 Å². The lowest BCUT2D eigenvalue weighted by atomic mass is 10.1. The zero-order chi connectivity index (χ0) is 13.3. The van der Waals surface area contributed by atoms with Crippen LogP contribution in [0, 0.1) is 11.7 Å². The summed E-state index contributed by atoms with van der Waals surface area (Å²) < 4.78 is 39.3. The van der Waals surface area contributed by atoms with Gasteiger partial charge in [-0.3, -0.25) is 0 Å². The third-order valence-electron chi connectivity index (χ3n) is 3.44. The molecule has 0 amide bonds. The van der Waals surface area contributed by atoms with Crippen molar-refractivity contribution in [1.82, 2.24) is 4.31 Å². The van der Waals surface area contributed by atoms with Crippen molar-refractivity contribution in [2.45, 2.75) is 24.7 Å². The fourth-order valence-electron chi connectivity index (χ4n) is 2.17. The standard InChI is InChI=1S/C12H17FN2O2S/c1-2-9-5-6-15(8-9)18(16,17)10-3-4-12(14)11(13)7-10/h3-4,7,9H,2,5-6,8,14H2,1H3. The minimum atomic E-state index is -3.58. The van der Waals surface area contributed by atoms with Crippen molar-refractivity contribution < 1.29 is 12.8 Å². The maximum absolute atomic E-state index is 13.3. The molecule has 2 rings (SSSR count). The molecule has 1 aliphatic rings. The summed E-state index contributed by atoms with van der Waals surface area (Å²) in [6.07, 6.45) is 1.83. The van der Waals surface area contributed by atoms with Crippen molar-refractivity contribution >= 4 is 15.7 Å². The van der Waals surface area contributed by atoms with Crippen LogP contribution in [0.25, 0.3) is 0 Å². The van der Waals surface area contributed by atoms with Gasteiger partial charge in [-0.05, 0) is 30.5 Å². The largest absolute Gasteiger partial charge is 0.396 e. The Morgan fingerprint density at radius 2 is 2.22 bits per heavy atom. The number of nitrogens with two attached hydrogens (primary N) is 1. The Bertz CT molecular complexity index is 545. The normalized spacial score (nSPS) is 21.3. The number of nitrogens with zero attached hydrogens (tertiary/aromatic N) is 1. The van der Waals surface area contributed by atoms with Gasteiger partial charge in [0.1, 0.15) is 5.82 Å². The summed E-state index contributed by atoms with van der Waals surface area (Å²) in [6, 6.07) is 3.63. The third kappa shape index (κ3) is 2.35. The van der Waals surface area contributed by atoms with Gasteiger partial charge in [0.05, 0.1) is 10.6 Å². The van der Waals surface area contributed by atoms with E-state index in [9.17, 15) is 12.8 Å². The summed E-state index contributed by atoms with van der Waals surface area (Å²) in [7, 11) is -3.58. The molecular formula is C12H17FN2O2S. The lowest BCUT2D eigenvalue weighted by Crippen LogP contribution is -2.29. The molecule has 1 aromatic rings. The summed E-state index contributed by atoms with van der Waals surface area (Å²) in [4.78, 5) is -0.0223. The van der Waals surface area contributed by atoms with Crippen LogP contribution < -0.4 is 5.73 Å². The molecule has 1 fully saturated rings. The molecule has 1 saturated heterocycles. The second-order valence-corrected chi connectivity index (χ2v) is 6.55. The highest BCUT2D eigenvalue weighted by Crippen LogP contribution is 2.27. The van der Waals surface area contributed by atoms with Crippen LogP contribution in [0.5, 0.6) is 0 Å². The SMILES string of the molecule is CCC1CCN(S(=O)(=O)c2ccc(N)c(F)c2)C1. The van der Waals surface area contributed by atoms with E-state index in [2.05, 4.69) is 0 Å². The van der Waals surface area contributed by atoms with Crippen LogP contribution in [-0.4, -0.2) is 25.8 Å². The average molecular weight is 272 g/mol. The summed E-state index contributed by atoms with van der Waals surface area (Å²) in [5.74, 6) is -0.291. The van der Waals surface area contributed by atoms with Crippen LogP contribution in [0.4, 0.5) is 10.1 Å². The topological polar surface area (TPSA) is 63.4 Å². The lowest BCUT2D eigenvalue weighted by Gasteiger charge is -2.16. The summed E-state index contributed by atoms with van der Waals surface area (Å²) in [5, 5.41) is 0. The van der Waals surface area contributed by atoms with E-state index < -0.39 is 15.8 Å². The van der Waals surface area contributed by atoms with E-state index in [1.807, 2.05) is 6.92 Å². The van der Waals surface area contributed by atoms with Crippen molar-refractivity contribution in [3.05, 3.63) is 24.0 Å². The Kier molecular flexibility index (Phi) is 3.59. The number of sulfonamides is 1. The third-order valence-corrected chi connectivity index (χ3v) is 5.30. The van der Waals surface area contributed by atoms with Crippen molar-refractivity contribution in [2.24, 2.45) is 5.92 Å². The number of rotatable bonds is 3. The number of nitrogen functional groups attached to an aromatic ring is 1. The molecule has 0 bridgehead atoms. The predicted molar refractivity (Wildman–Crippen MR) is 68.0 cm³/mol. The van der Waals surface area contributed by atoms with Gasteiger partial charge < -0.3 is 5.73 Å². The molecule has 0 radical (unpaired) electrons. The highest BCUT2D eigenvalue weighted by Gasteiger charge is 2.31. The van der Waals surface area contributed by atoms with Gasteiger partial charge in [0.15, 0.2) is 0 Å². The van der Waals surface area contributed by atoms with Crippen molar-refractivity contribution in [3.63, 3.8) is 0 Å². The number of halogens is 1. The Balaban J connectivity index is 2.28. The van der Waals surface area contributed by atoms with E-state index in [4.69, 9.17) is 5.73 Å². The highest BCUT2D eigenvalue weighted by atomic mass is 32.2. The summed E-state index contributed by atoms with van der Waals surface area (Å²) in [5.41, 5.74) is 5.31. The van der Waals surface area contributed by atoms with Gasteiger partial charge in [-0.2, -0.15) is 4.31 Å². The molecule has 6 heteroatoms. The first-order chi connectivity index (χ1) is 8.45. The molecule has 0 saturated carbocycles. The quantitative estimate of drug-likeness (QED) is 0.854. The lowest BCUT2D eigenvalue weighted by molar-refractivity contribution is 0.452. The van der Waals surface area contributed by atoms with Gasteiger partial charge in [0, 0.05) is 13.1 Å². The molecular weight excluding hydrogens is 255 g/mol. The number of hydrogen-bond acceptors (Lipinski definition) is 3. The van der Waals surface area contributed by atoms with Gasteiger partial charge in [0.25, 0.3) is 0 Å². The summed E-state index contributed by atoms with van der Waals surface area (Å²) >= 11 is 0. The second-order valence-electron chi connectivity index (χ2n) is 4.61. The first kappa shape index (κ1) is 13.3. The summed E-state index contributed by atoms with van der Waals surface area (Å²) in [6.45, 7) is 3.07. The molecule has 1 aliphatic heterocycles. The fraction of sp³-hybridized carbons (Fsp3) is 0.500. The molecule has 1 atom stereocenters. The fourth-order valence-corrected chi connectivity index (χ4v) is 3.71. The van der Waals surface area contributed by atoms with Crippen molar-refractivity contribution in [3.8, 4) is 0 Å². The number of hydrogen-bond donors (Lipinski definition) is 1. The van der Waals surface area contributed by atoms with E-state index in [-0.39, 0.29) is 10.6 Å². The molecule has 4 nitrogen and oxygen atoms in total. The molecule has 1 heterocycles. The van der Waals surface area contributed by atoms with E-state index >= 15 is 0 Å². The van der Waals surface area contributed by atoms with Crippen LogP contribution in [0.15, 0.2) is 23.1 Å². The Morgan fingerprint density at radius 3 is 2.78 bits per heavy atom. The maximum Gasteiger partial charge on any atom is 0.243 e. The molecule has 2 N–H and O–H groups in total. The van der Waals surface area contributed by atoms with Gasteiger partial charge in [0.2, 0.25) is 10.0 Å². The first-order valence-electron chi connectivity index (χ1n) is 6.00. The Morgan fingerprint density at radius 1 is 1.50 bits per heavy atom. The van der Waals surface area contributed by atoms with Gasteiger partial charge >= 0.3 is 0 Å². The van der Waals surface area contributed by atoms with E-state index in [1.54, 1.807) is 0 Å².